The number of rotatable bonds is 0. The molecule has 0 aliphatic carbocycles. The van der Waals surface area contributed by atoms with Crippen molar-refractivity contribution in [2.75, 3.05) is 6.54 Å². The molecule has 1 rings (SSSR count). The molecule has 1 heterocycles. The quantitative estimate of drug-likeness (QED) is 0.424. The molecule has 1 aliphatic heterocycles. The van der Waals surface area contributed by atoms with Crippen LogP contribution < -0.4 is 0 Å². The summed E-state index contributed by atoms with van der Waals surface area (Å²) in [6.07, 6.45) is 0. The molecule has 0 N–H and O–H groups in total. The normalized spacial score (nSPS) is 22.4. The fraction of sp³-hybridized carbons (Fsp3) is 0.571. The highest BCUT2D eigenvalue weighted by molar-refractivity contribution is 6.24. The Kier molecular flexibility index (Phi) is 2.56. The molecule has 5 nitrogen and oxygen atoms in total. The highest BCUT2D eigenvalue weighted by Gasteiger charge is 2.40. The van der Waals surface area contributed by atoms with Crippen LogP contribution in [0, 0.1) is 0 Å². The molecule has 0 saturated carbocycles. The summed E-state index contributed by atoms with van der Waals surface area (Å²) in [5.41, 5.74) is -0.742. The second-order valence-electron chi connectivity index (χ2n) is 2.74. The summed E-state index contributed by atoms with van der Waals surface area (Å²) in [6.45, 7) is 2.55. The lowest BCUT2D eigenvalue weighted by molar-refractivity contribution is -0.126. The van der Waals surface area contributed by atoms with Gasteiger partial charge < -0.3 is 0 Å². The molecule has 1 fully saturated rings. The van der Waals surface area contributed by atoms with Crippen LogP contribution in [0.25, 0.3) is 0 Å². The number of nitrogens with zero attached hydrogens (tertiary/aromatic N) is 2. The predicted molar refractivity (Wildman–Crippen MR) is 44.9 cm³/mol. The predicted octanol–water partition coefficient (Wildman–Crippen LogP) is 0.382. The van der Waals surface area contributed by atoms with Gasteiger partial charge in [-0.2, -0.15) is 0 Å². The highest BCUT2D eigenvalue weighted by Crippen LogP contribution is 2.18. The van der Waals surface area contributed by atoms with Crippen molar-refractivity contribution < 1.29 is 14.4 Å². The van der Waals surface area contributed by atoms with Crippen molar-refractivity contribution in [3.63, 3.8) is 0 Å². The molecule has 72 valence electrons. The Bertz CT molecular complexity index is 279. The van der Waals surface area contributed by atoms with Crippen LogP contribution in [0.3, 0.4) is 0 Å². The van der Waals surface area contributed by atoms with Crippen LogP contribution in [0.5, 0.6) is 0 Å². The van der Waals surface area contributed by atoms with E-state index in [4.69, 9.17) is 11.6 Å². The minimum atomic E-state index is -0.742. The van der Waals surface area contributed by atoms with E-state index in [9.17, 15) is 14.4 Å². The Balaban J connectivity index is 2.87. The lowest BCUT2D eigenvalue weighted by Crippen LogP contribution is -2.38. The Morgan fingerprint density at radius 2 is 1.92 bits per heavy atom. The number of imide groups is 2. The third-order valence-corrected chi connectivity index (χ3v) is 2.10. The average Bonchev–Trinajstić information content (AvgIpc) is 2.26. The second kappa shape index (κ2) is 3.33. The van der Waals surface area contributed by atoms with Gasteiger partial charge in [-0.3, -0.25) is 14.5 Å². The topological polar surface area (TPSA) is 57.7 Å². The van der Waals surface area contributed by atoms with E-state index in [1.807, 2.05) is 0 Å². The summed E-state index contributed by atoms with van der Waals surface area (Å²) in [7, 11) is 0. The third kappa shape index (κ3) is 1.65. The molecule has 0 aromatic rings. The molecule has 0 radical (unpaired) electrons. The standard InChI is InChI=1S/C7H9ClN2O3/c1-4(11)9-3-6(8)10(5(2)12)7(9)13/h6H,3H2,1-2H3. The SMILES string of the molecule is CC(=O)N1CC(Cl)N(C(C)=O)C1=O. The smallest absolute Gasteiger partial charge is 0.275 e. The first-order chi connectivity index (χ1) is 5.95. The van der Waals surface area contributed by atoms with Gasteiger partial charge in [0.2, 0.25) is 11.8 Å². The van der Waals surface area contributed by atoms with Crippen LogP contribution in [0.1, 0.15) is 13.8 Å². The molecular formula is C7H9ClN2O3. The zero-order chi connectivity index (χ0) is 10.2. The molecule has 1 aliphatic rings. The van der Waals surface area contributed by atoms with E-state index in [1.54, 1.807) is 0 Å². The molecular weight excluding hydrogens is 196 g/mol. The van der Waals surface area contributed by atoms with Crippen LogP contribution >= 0.6 is 11.6 Å². The highest BCUT2D eigenvalue weighted by atomic mass is 35.5. The van der Waals surface area contributed by atoms with Crippen LogP contribution in [0.15, 0.2) is 0 Å². The van der Waals surface area contributed by atoms with Crippen molar-refractivity contribution in [3.05, 3.63) is 0 Å². The molecule has 13 heavy (non-hydrogen) atoms. The Morgan fingerprint density at radius 3 is 2.15 bits per heavy atom. The van der Waals surface area contributed by atoms with Gasteiger partial charge in [0.15, 0.2) is 0 Å². The van der Waals surface area contributed by atoms with E-state index in [1.165, 1.54) is 13.8 Å². The van der Waals surface area contributed by atoms with Crippen molar-refractivity contribution in [1.29, 1.82) is 0 Å². The number of carbonyl (C=O) groups is 3. The summed E-state index contributed by atoms with van der Waals surface area (Å²) < 4.78 is 0. The summed E-state index contributed by atoms with van der Waals surface area (Å²) >= 11 is 5.70. The summed E-state index contributed by atoms with van der Waals surface area (Å²) in [4.78, 5) is 34.9. The lowest BCUT2D eigenvalue weighted by atomic mass is 10.5. The minimum Gasteiger partial charge on any atom is -0.275 e. The van der Waals surface area contributed by atoms with Crippen molar-refractivity contribution in [3.8, 4) is 0 Å². The van der Waals surface area contributed by atoms with Gasteiger partial charge in [-0.05, 0) is 0 Å². The van der Waals surface area contributed by atoms with E-state index in [-0.39, 0.29) is 6.54 Å². The average molecular weight is 205 g/mol. The largest absolute Gasteiger partial charge is 0.334 e. The van der Waals surface area contributed by atoms with Crippen LogP contribution in [0.2, 0.25) is 0 Å². The maximum Gasteiger partial charge on any atom is 0.334 e. The number of hydrogen-bond donors (Lipinski definition) is 0. The van der Waals surface area contributed by atoms with Crippen molar-refractivity contribution >= 4 is 29.4 Å². The van der Waals surface area contributed by atoms with E-state index >= 15 is 0 Å². The van der Waals surface area contributed by atoms with Gasteiger partial charge in [0.25, 0.3) is 0 Å². The first-order valence-corrected chi connectivity index (χ1v) is 4.14. The van der Waals surface area contributed by atoms with Gasteiger partial charge in [-0.25, -0.2) is 9.69 Å². The maximum absolute atomic E-state index is 11.3. The molecule has 6 heteroatoms. The Hall–Kier alpha value is -1.10. The van der Waals surface area contributed by atoms with Gasteiger partial charge in [-0.15, -0.1) is 0 Å². The first kappa shape index (κ1) is 9.98. The van der Waals surface area contributed by atoms with Crippen LogP contribution in [0.4, 0.5) is 4.79 Å². The van der Waals surface area contributed by atoms with Crippen LogP contribution in [-0.2, 0) is 9.59 Å². The maximum atomic E-state index is 11.3. The van der Waals surface area contributed by atoms with E-state index in [0.29, 0.717) is 0 Å². The van der Waals surface area contributed by atoms with Gasteiger partial charge in [0, 0.05) is 13.8 Å². The van der Waals surface area contributed by atoms with E-state index in [0.717, 1.165) is 9.80 Å². The number of alkyl halides is 1. The number of amides is 4. The molecule has 0 spiro atoms. The number of carbonyl (C=O) groups excluding carboxylic acids is 3. The zero-order valence-corrected chi connectivity index (χ0v) is 8.04. The van der Waals surface area contributed by atoms with E-state index in [2.05, 4.69) is 0 Å². The first-order valence-electron chi connectivity index (χ1n) is 3.71. The van der Waals surface area contributed by atoms with Crippen molar-refractivity contribution in [1.82, 2.24) is 9.80 Å². The van der Waals surface area contributed by atoms with Crippen molar-refractivity contribution in [2.45, 2.75) is 19.3 Å². The molecule has 1 unspecified atom stereocenters. The third-order valence-electron chi connectivity index (χ3n) is 1.77. The Morgan fingerprint density at radius 1 is 1.38 bits per heavy atom. The second-order valence-corrected chi connectivity index (χ2v) is 3.24. The molecule has 0 bridgehead atoms. The Labute approximate surface area is 80.2 Å². The van der Waals surface area contributed by atoms with Gasteiger partial charge in [0.1, 0.15) is 5.50 Å². The minimum absolute atomic E-state index is 0.0648. The fourth-order valence-corrected chi connectivity index (χ4v) is 1.51. The van der Waals surface area contributed by atoms with Gasteiger partial charge in [-0.1, -0.05) is 11.6 Å². The molecule has 4 amide bonds. The zero-order valence-electron chi connectivity index (χ0n) is 7.28. The monoisotopic (exact) mass is 204 g/mol. The summed E-state index contributed by atoms with van der Waals surface area (Å²) in [5, 5.41) is 0. The molecule has 1 atom stereocenters. The van der Waals surface area contributed by atoms with Gasteiger partial charge >= 0.3 is 6.03 Å². The van der Waals surface area contributed by atoms with E-state index < -0.39 is 23.3 Å². The van der Waals surface area contributed by atoms with Crippen molar-refractivity contribution in [2.24, 2.45) is 0 Å². The van der Waals surface area contributed by atoms with Crippen LogP contribution in [-0.4, -0.2) is 39.7 Å². The molecule has 0 aromatic heterocycles. The van der Waals surface area contributed by atoms with Gasteiger partial charge in [0.05, 0.1) is 6.54 Å². The number of halogens is 1. The number of urea groups is 1. The summed E-state index contributed by atoms with van der Waals surface area (Å²) in [5.74, 6) is -0.854. The number of hydrogen-bond acceptors (Lipinski definition) is 3. The molecule has 0 aromatic carbocycles. The fourth-order valence-electron chi connectivity index (χ4n) is 1.16. The lowest BCUT2D eigenvalue weighted by Gasteiger charge is -2.13. The molecule has 1 saturated heterocycles. The summed E-state index contributed by atoms with van der Waals surface area (Å²) in [6, 6.07) is -0.639.